The number of nitrogens with one attached hydrogen (secondary N) is 1. The first-order valence-corrected chi connectivity index (χ1v) is 11.3. The molecule has 8 heteroatoms. The fourth-order valence-electron chi connectivity index (χ4n) is 4.45. The van der Waals surface area contributed by atoms with Crippen molar-refractivity contribution in [3.05, 3.63) is 46.8 Å². The number of hydrogen-bond donors (Lipinski definition) is 1. The first-order valence-electron chi connectivity index (χ1n) is 11.3. The maximum atomic E-state index is 13.4. The van der Waals surface area contributed by atoms with Crippen LogP contribution in [0.4, 0.5) is 5.69 Å². The van der Waals surface area contributed by atoms with Crippen molar-refractivity contribution in [2.75, 3.05) is 24.5 Å². The van der Waals surface area contributed by atoms with Gasteiger partial charge in [-0.25, -0.2) is 0 Å². The van der Waals surface area contributed by atoms with Gasteiger partial charge < -0.3 is 10.2 Å². The van der Waals surface area contributed by atoms with Gasteiger partial charge in [-0.1, -0.05) is 19.9 Å². The molecule has 0 radical (unpaired) electrons. The monoisotopic (exact) mass is 437 g/mol. The maximum Gasteiger partial charge on any atom is 0.263 e. The van der Waals surface area contributed by atoms with Gasteiger partial charge in [0.05, 0.1) is 35.5 Å². The molecule has 0 unspecified atom stereocenters. The van der Waals surface area contributed by atoms with E-state index in [2.05, 4.69) is 29.2 Å². The lowest BCUT2D eigenvalue weighted by Gasteiger charge is -2.34. The van der Waals surface area contributed by atoms with Crippen LogP contribution >= 0.6 is 0 Å². The highest BCUT2D eigenvalue weighted by Crippen LogP contribution is 2.35. The van der Waals surface area contributed by atoms with Crippen molar-refractivity contribution < 1.29 is 14.4 Å². The Hall–Kier alpha value is -3.16. The standard InChI is InChI=1S/C24H31N5O3/c1-15(2)11-25-22(30)17-7-6-10-28(13-17)20-9-5-8-19-21(20)24(32)29(23(19)31)14-18-12-26-27(4)16(18)3/h5,8-9,12,15,17H,6-7,10-11,13-14H2,1-4H3,(H,25,30)/t17-/m0/s1. The molecule has 2 aliphatic heterocycles. The van der Waals surface area contributed by atoms with Crippen molar-refractivity contribution in [3.63, 3.8) is 0 Å². The van der Waals surface area contributed by atoms with Crippen LogP contribution in [0, 0.1) is 18.8 Å². The average Bonchev–Trinajstić information content (AvgIpc) is 3.23. The van der Waals surface area contributed by atoms with E-state index >= 15 is 0 Å². The lowest BCUT2D eigenvalue weighted by atomic mass is 9.95. The summed E-state index contributed by atoms with van der Waals surface area (Å²) in [5, 5.41) is 7.25. The topological polar surface area (TPSA) is 87.5 Å². The summed E-state index contributed by atoms with van der Waals surface area (Å²) in [6, 6.07) is 5.42. The van der Waals surface area contributed by atoms with E-state index in [1.54, 1.807) is 16.9 Å². The fraction of sp³-hybridized carbons (Fsp3) is 0.500. The van der Waals surface area contributed by atoms with Crippen LogP contribution in [-0.2, 0) is 18.4 Å². The molecule has 32 heavy (non-hydrogen) atoms. The van der Waals surface area contributed by atoms with E-state index in [0.29, 0.717) is 30.1 Å². The maximum absolute atomic E-state index is 13.4. The molecule has 0 spiro atoms. The van der Waals surface area contributed by atoms with Crippen LogP contribution in [0.3, 0.4) is 0 Å². The molecule has 4 rings (SSSR count). The van der Waals surface area contributed by atoms with E-state index in [4.69, 9.17) is 0 Å². The summed E-state index contributed by atoms with van der Waals surface area (Å²) in [5.74, 6) is -0.227. The van der Waals surface area contributed by atoms with E-state index in [-0.39, 0.29) is 30.2 Å². The van der Waals surface area contributed by atoms with E-state index in [1.165, 1.54) is 4.90 Å². The number of nitrogens with zero attached hydrogens (tertiary/aromatic N) is 4. The van der Waals surface area contributed by atoms with Gasteiger partial charge in [0.15, 0.2) is 0 Å². The van der Waals surface area contributed by atoms with Crippen LogP contribution in [0.5, 0.6) is 0 Å². The lowest BCUT2D eigenvalue weighted by molar-refractivity contribution is -0.125. The summed E-state index contributed by atoms with van der Waals surface area (Å²) in [6.07, 6.45) is 3.39. The number of carbonyl (C=O) groups excluding carboxylic acids is 3. The van der Waals surface area contributed by atoms with Gasteiger partial charge in [0.25, 0.3) is 11.8 Å². The number of benzene rings is 1. The van der Waals surface area contributed by atoms with Crippen molar-refractivity contribution in [1.82, 2.24) is 20.0 Å². The molecule has 2 aromatic rings. The number of piperidine rings is 1. The highest BCUT2D eigenvalue weighted by molar-refractivity contribution is 6.23. The number of aryl methyl sites for hydroxylation is 1. The number of fused-ring (bicyclic) bond motifs is 1. The van der Waals surface area contributed by atoms with E-state index in [1.807, 2.05) is 26.1 Å². The minimum absolute atomic E-state index is 0.0621. The van der Waals surface area contributed by atoms with Gasteiger partial charge in [-0.2, -0.15) is 5.10 Å². The van der Waals surface area contributed by atoms with Crippen LogP contribution in [-0.4, -0.2) is 52.0 Å². The van der Waals surface area contributed by atoms with Gasteiger partial charge in [-0.05, 0) is 37.8 Å². The minimum Gasteiger partial charge on any atom is -0.370 e. The highest BCUT2D eigenvalue weighted by atomic mass is 16.2. The Labute approximate surface area is 188 Å². The number of amides is 3. The molecule has 8 nitrogen and oxygen atoms in total. The van der Waals surface area contributed by atoms with Gasteiger partial charge in [-0.15, -0.1) is 0 Å². The van der Waals surface area contributed by atoms with Crippen molar-refractivity contribution >= 4 is 23.4 Å². The molecule has 1 aromatic carbocycles. The molecule has 170 valence electrons. The summed E-state index contributed by atoms with van der Waals surface area (Å²) in [7, 11) is 1.84. The summed E-state index contributed by atoms with van der Waals surface area (Å²) in [6.45, 7) is 8.23. The van der Waals surface area contributed by atoms with Crippen LogP contribution in [0.25, 0.3) is 0 Å². The van der Waals surface area contributed by atoms with Gasteiger partial charge in [0.2, 0.25) is 5.91 Å². The third kappa shape index (κ3) is 4.01. The third-order valence-corrected chi connectivity index (χ3v) is 6.46. The Balaban J connectivity index is 1.56. The van der Waals surface area contributed by atoms with Gasteiger partial charge >= 0.3 is 0 Å². The van der Waals surface area contributed by atoms with Gasteiger partial charge in [-0.3, -0.25) is 24.0 Å². The van der Waals surface area contributed by atoms with Crippen molar-refractivity contribution in [2.24, 2.45) is 18.9 Å². The van der Waals surface area contributed by atoms with Crippen molar-refractivity contribution in [3.8, 4) is 0 Å². The quantitative estimate of drug-likeness (QED) is 0.702. The Morgan fingerprint density at radius 2 is 2.03 bits per heavy atom. The number of carbonyl (C=O) groups is 3. The molecule has 1 fully saturated rings. The van der Waals surface area contributed by atoms with Crippen molar-refractivity contribution in [1.29, 1.82) is 0 Å². The molecule has 1 N–H and O–H groups in total. The third-order valence-electron chi connectivity index (χ3n) is 6.46. The zero-order chi connectivity index (χ0) is 23.0. The Bertz CT molecular complexity index is 1060. The van der Waals surface area contributed by atoms with Gasteiger partial charge in [0, 0.05) is 37.9 Å². The predicted octanol–water partition coefficient (Wildman–Crippen LogP) is 2.51. The number of anilines is 1. The number of imide groups is 1. The van der Waals surface area contributed by atoms with Crippen LogP contribution in [0.2, 0.25) is 0 Å². The summed E-state index contributed by atoms with van der Waals surface area (Å²) < 4.78 is 1.73. The largest absolute Gasteiger partial charge is 0.370 e. The number of rotatable bonds is 6. The average molecular weight is 438 g/mol. The first kappa shape index (κ1) is 22.0. The number of aromatic nitrogens is 2. The van der Waals surface area contributed by atoms with Crippen LogP contribution < -0.4 is 10.2 Å². The lowest BCUT2D eigenvalue weighted by Crippen LogP contribution is -2.44. The molecule has 1 atom stereocenters. The molecule has 1 aromatic heterocycles. The minimum atomic E-state index is -0.282. The van der Waals surface area contributed by atoms with Crippen LogP contribution in [0.1, 0.15) is 58.7 Å². The molecule has 3 amide bonds. The Kier molecular flexibility index (Phi) is 6.04. The zero-order valence-electron chi connectivity index (χ0n) is 19.2. The molecule has 3 heterocycles. The summed E-state index contributed by atoms with van der Waals surface area (Å²) in [4.78, 5) is 42.5. The smallest absolute Gasteiger partial charge is 0.263 e. The molecule has 2 aliphatic rings. The zero-order valence-corrected chi connectivity index (χ0v) is 19.2. The fourth-order valence-corrected chi connectivity index (χ4v) is 4.45. The highest BCUT2D eigenvalue weighted by Gasteiger charge is 2.39. The van der Waals surface area contributed by atoms with E-state index in [9.17, 15) is 14.4 Å². The second-order valence-electron chi connectivity index (χ2n) is 9.20. The summed E-state index contributed by atoms with van der Waals surface area (Å²) in [5.41, 5.74) is 3.40. The molecule has 0 aliphatic carbocycles. The van der Waals surface area contributed by atoms with Crippen LogP contribution in [0.15, 0.2) is 24.4 Å². The SMILES string of the molecule is Cc1c(CN2C(=O)c3cccc(N4CCC[C@H](C(=O)NCC(C)C)C4)c3C2=O)cnn1C. The molecular weight excluding hydrogens is 406 g/mol. The Morgan fingerprint density at radius 1 is 1.25 bits per heavy atom. The van der Waals surface area contributed by atoms with E-state index < -0.39 is 0 Å². The van der Waals surface area contributed by atoms with Crippen molar-refractivity contribution in [2.45, 2.75) is 40.2 Å². The second kappa shape index (κ2) is 8.76. The van der Waals surface area contributed by atoms with E-state index in [0.717, 1.165) is 36.3 Å². The normalized spacial score (nSPS) is 18.5. The Morgan fingerprint density at radius 3 is 2.72 bits per heavy atom. The molecule has 0 saturated carbocycles. The molecule has 0 bridgehead atoms. The van der Waals surface area contributed by atoms with Gasteiger partial charge in [0.1, 0.15) is 0 Å². The number of hydrogen-bond acceptors (Lipinski definition) is 5. The molecule has 1 saturated heterocycles. The summed E-state index contributed by atoms with van der Waals surface area (Å²) >= 11 is 0. The predicted molar refractivity (Wildman–Crippen MR) is 121 cm³/mol. The molecular formula is C24H31N5O3. The first-order chi connectivity index (χ1) is 15.3. The second-order valence-corrected chi connectivity index (χ2v) is 9.20.